The molecule has 0 radical (unpaired) electrons. The number of nitrogens with zero attached hydrogens (tertiary/aromatic N) is 2. The van der Waals surface area contributed by atoms with E-state index in [9.17, 15) is 13.2 Å². The molecule has 1 amide bonds. The van der Waals surface area contributed by atoms with Crippen LogP contribution in [0.25, 0.3) is 6.08 Å². The molecular formula is C24H27ClN4O3S. The molecule has 0 saturated heterocycles. The predicted octanol–water partition coefficient (Wildman–Crippen LogP) is 5.01. The molecule has 0 aliphatic rings. The summed E-state index contributed by atoms with van der Waals surface area (Å²) >= 11 is 6.27. The monoisotopic (exact) mass is 486 g/mol. The molecule has 0 bridgehead atoms. The van der Waals surface area contributed by atoms with Gasteiger partial charge in [-0.2, -0.15) is 5.10 Å². The zero-order valence-corrected chi connectivity index (χ0v) is 20.4. The van der Waals surface area contributed by atoms with Gasteiger partial charge in [0.15, 0.2) is 0 Å². The maximum atomic E-state index is 12.4. The molecule has 0 atom stereocenters. The number of aromatic nitrogens is 2. The molecular weight excluding hydrogens is 460 g/mol. The maximum absolute atomic E-state index is 12.4. The highest BCUT2D eigenvalue weighted by Gasteiger charge is 2.12. The third-order valence-corrected chi connectivity index (χ3v) is 6.88. The first-order valence-corrected chi connectivity index (χ1v) is 12.6. The van der Waals surface area contributed by atoms with E-state index in [0.717, 1.165) is 22.5 Å². The van der Waals surface area contributed by atoms with Crippen molar-refractivity contribution in [3.8, 4) is 0 Å². The van der Waals surface area contributed by atoms with Gasteiger partial charge in [-0.3, -0.25) is 14.2 Å². The lowest BCUT2D eigenvalue weighted by Gasteiger charge is -2.08. The number of carbonyl (C=O) groups is 1. The summed E-state index contributed by atoms with van der Waals surface area (Å²) in [5.74, 6) is -0.239. The van der Waals surface area contributed by atoms with E-state index < -0.39 is 10.0 Å². The minimum Gasteiger partial charge on any atom is -0.323 e. The Morgan fingerprint density at radius 3 is 2.42 bits per heavy atom. The van der Waals surface area contributed by atoms with Crippen molar-refractivity contribution in [3.05, 3.63) is 82.1 Å². The lowest BCUT2D eigenvalue weighted by Crippen LogP contribution is -2.16. The van der Waals surface area contributed by atoms with Crippen LogP contribution in [0.2, 0.25) is 5.02 Å². The Hall–Kier alpha value is -3.10. The fourth-order valence-corrected chi connectivity index (χ4v) is 4.69. The fourth-order valence-electron chi connectivity index (χ4n) is 3.36. The van der Waals surface area contributed by atoms with E-state index in [1.807, 2.05) is 42.8 Å². The van der Waals surface area contributed by atoms with E-state index in [1.54, 1.807) is 37.3 Å². The van der Waals surface area contributed by atoms with E-state index in [0.29, 0.717) is 29.4 Å². The molecule has 7 nitrogen and oxygen atoms in total. The Balaban J connectivity index is 1.65. The fraction of sp³-hybridized carbons (Fsp3) is 0.250. The number of nitrogens with one attached hydrogen (secondary N) is 2. The molecule has 0 fully saturated rings. The van der Waals surface area contributed by atoms with Gasteiger partial charge in [0.25, 0.3) is 0 Å². The zero-order valence-electron chi connectivity index (χ0n) is 18.8. The van der Waals surface area contributed by atoms with Crippen LogP contribution in [0.15, 0.2) is 54.6 Å². The van der Waals surface area contributed by atoms with Gasteiger partial charge in [0.05, 0.1) is 18.0 Å². The van der Waals surface area contributed by atoms with Crippen molar-refractivity contribution >= 4 is 45.0 Å². The van der Waals surface area contributed by atoms with E-state index in [1.165, 1.54) is 6.08 Å². The topological polar surface area (TPSA) is 93.1 Å². The summed E-state index contributed by atoms with van der Waals surface area (Å²) in [6.07, 6.45) is 3.73. The van der Waals surface area contributed by atoms with E-state index >= 15 is 0 Å². The summed E-state index contributed by atoms with van der Waals surface area (Å²) in [5, 5.41) is 8.04. The molecule has 2 aromatic carbocycles. The van der Waals surface area contributed by atoms with Gasteiger partial charge < -0.3 is 5.32 Å². The maximum Gasteiger partial charge on any atom is 0.248 e. The van der Waals surface area contributed by atoms with Gasteiger partial charge in [-0.1, -0.05) is 36.7 Å². The third-order valence-electron chi connectivity index (χ3n) is 5.02. The molecule has 0 aliphatic heterocycles. The predicted molar refractivity (Wildman–Crippen MR) is 134 cm³/mol. The molecule has 0 saturated carbocycles. The quantitative estimate of drug-likeness (QED) is 0.416. The molecule has 0 aliphatic carbocycles. The number of benzene rings is 2. The number of hydrogen-bond donors (Lipinski definition) is 2. The number of sulfonamides is 1. The Morgan fingerprint density at radius 2 is 1.76 bits per heavy atom. The van der Waals surface area contributed by atoms with Crippen LogP contribution in [0.3, 0.4) is 0 Å². The first-order chi connectivity index (χ1) is 15.7. The number of amides is 1. The van der Waals surface area contributed by atoms with Gasteiger partial charge in [-0.15, -0.1) is 0 Å². The smallest absolute Gasteiger partial charge is 0.248 e. The zero-order chi connectivity index (χ0) is 24.0. The number of carbonyl (C=O) groups excluding carboxylic acids is 1. The van der Waals surface area contributed by atoms with Crippen molar-refractivity contribution in [2.45, 2.75) is 33.7 Å². The Bertz CT molecular complexity index is 1270. The summed E-state index contributed by atoms with van der Waals surface area (Å²) < 4.78 is 28.1. The van der Waals surface area contributed by atoms with Crippen LogP contribution >= 0.6 is 11.6 Å². The van der Waals surface area contributed by atoms with Crippen LogP contribution in [-0.4, -0.2) is 29.9 Å². The molecule has 0 unspecified atom stereocenters. The molecule has 3 aromatic rings. The van der Waals surface area contributed by atoms with Crippen LogP contribution in [0, 0.1) is 13.8 Å². The second kappa shape index (κ2) is 10.7. The van der Waals surface area contributed by atoms with Crippen LogP contribution in [0.4, 0.5) is 11.4 Å². The minimum absolute atomic E-state index is 0.0596. The van der Waals surface area contributed by atoms with Gasteiger partial charge in [0, 0.05) is 33.7 Å². The minimum atomic E-state index is -3.35. The number of halogens is 1. The van der Waals surface area contributed by atoms with E-state index in [4.69, 9.17) is 11.6 Å². The summed E-state index contributed by atoms with van der Waals surface area (Å²) in [6.45, 7) is 6.19. The van der Waals surface area contributed by atoms with Gasteiger partial charge >= 0.3 is 0 Å². The summed E-state index contributed by atoms with van der Waals surface area (Å²) in [5.41, 5.74) is 4.60. The Kier molecular flexibility index (Phi) is 7.94. The van der Waals surface area contributed by atoms with Crippen LogP contribution in [0.5, 0.6) is 0 Å². The van der Waals surface area contributed by atoms with Crippen LogP contribution in [0.1, 0.15) is 35.9 Å². The molecule has 33 heavy (non-hydrogen) atoms. The Morgan fingerprint density at radius 1 is 1.09 bits per heavy atom. The van der Waals surface area contributed by atoms with Crippen molar-refractivity contribution in [1.82, 2.24) is 9.78 Å². The highest BCUT2D eigenvalue weighted by Crippen LogP contribution is 2.21. The number of hydrogen-bond acceptors (Lipinski definition) is 4. The van der Waals surface area contributed by atoms with Gasteiger partial charge in [-0.05, 0) is 62.2 Å². The van der Waals surface area contributed by atoms with E-state index in [2.05, 4.69) is 15.1 Å². The van der Waals surface area contributed by atoms with Crippen molar-refractivity contribution < 1.29 is 13.2 Å². The SMILES string of the molecule is CCCS(=O)(=O)Nc1ccc(NC(=O)/C=C/c2c(C)nn(Cc3ccccc3Cl)c2C)cc1. The second-order valence-electron chi connectivity index (χ2n) is 7.65. The van der Waals surface area contributed by atoms with Crippen molar-refractivity contribution in [3.63, 3.8) is 0 Å². The van der Waals surface area contributed by atoms with Crippen molar-refractivity contribution in [2.75, 3.05) is 15.8 Å². The molecule has 3 rings (SSSR count). The molecule has 1 heterocycles. The Labute approximate surface area is 199 Å². The highest BCUT2D eigenvalue weighted by molar-refractivity contribution is 7.92. The van der Waals surface area contributed by atoms with Gasteiger partial charge in [0.1, 0.15) is 0 Å². The number of anilines is 2. The lowest BCUT2D eigenvalue weighted by molar-refractivity contribution is -0.111. The van der Waals surface area contributed by atoms with Crippen molar-refractivity contribution in [1.29, 1.82) is 0 Å². The highest BCUT2D eigenvalue weighted by atomic mass is 35.5. The normalized spacial score (nSPS) is 11.6. The van der Waals surface area contributed by atoms with Crippen molar-refractivity contribution in [2.24, 2.45) is 0 Å². The summed E-state index contributed by atoms with van der Waals surface area (Å²) in [7, 11) is -3.35. The second-order valence-corrected chi connectivity index (χ2v) is 9.90. The summed E-state index contributed by atoms with van der Waals surface area (Å²) in [4.78, 5) is 12.4. The van der Waals surface area contributed by atoms with Crippen LogP contribution in [-0.2, 0) is 21.4 Å². The van der Waals surface area contributed by atoms with Gasteiger partial charge in [0.2, 0.25) is 15.9 Å². The standard InChI is InChI=1S/C24H27ClN4O3S/c1-4-15-33(31,32)28-21-11-9-20(10-12-21)26-24(30)14-13-22-17(2)27-29(18(22)3)16-19-7-5-6-8-23(19)25/h5-14,28H,4,15-16H2,1-3H3,(H,26,30)/b14-13+. The van der Waals surface area contributed by atoms with Crippen LogP contribution < -0.4 is 10.0 Å². The summed E-state index contributed by atoms with van der Waals surface area (Å²) in [6, 6.07) is 14.1. The average molecular weight is 487 g/mol. The number of aryl methyl sites for hydroxylation is 1. The first kappa shape index (κ1) is 24.5. The van der Waals surface area contributed by atoms with E-state index in [-0.39, 0.29) is 11.7 Å². The van der Waals surface area contributed by atoms with Gasteiger partial charge in [-0.25, -0.2) is 8.42 Å². The largest absolute Gasteiger partial charge is 0.323 e. The lowest BCUT2D eigenvalue weighted by atomic mass is 10.1. The molecule has 1 aromatic heterocycles. The third kappa shape index (κ3) is 6.69. The average Bonchev–Trinajstić information content (AvgIpc) is 3.02. The molecule has 0 spiro atoms. The number of rotatable bonds is 9. The molecule has 2 N–H and O–H groups in total. The molecule has 9 heteroatoms. The first-order valence-electron chi connectivity index (χ1n) is 10.6. The molecule has 174 valence electrons.